The van der Waals surface area contributed by atoms with Crippen LogP contribution in [0.15, 0.2) is 33.2 Å². The summed E-state index contributed by atoms with van der Waals surface area (Å²) in [4.78, 5) is 0. The zero-order valence-corrected chi connectivity index (χ0v) is 18.8. The summed E-state index contributed by atoms with van der Waals surface area (Å²) in [6, 6.07) is 7.83. The van der Waals surface area contributed by atoms with Gasteiger partial charge in [-0.15, -0.1) is 0 Å². The normalized spacial score (nSPS) is 12.5. The van der Waals surface area contributed by atoms with Crippen molar-refractivity contribution in [2.24, 2.45) is 0 Å². The van der Waals surface area contributed by atoms with E-state index in [1.807, 2.05) is 24.3 Å². The van der Waals surface area contributed by atoms with Crippen molar-refractivity contribution < 1.29 is 10.2 Å². The van der Waals surface area contributed by atoms with Gasteiger partial charge >= 0.3 is 0 Å². The molecule has 0 aliphatic rings. The number of hydrogen-bond acceptors (Lipinski definition) is 2. The van der Waals surface area contributed by atoms with Crippen molar-refractivity contribution in [3.8, 4) is 11.5 Å². The van der Waals surface area contributed by atoms with Crippen LogP contribution in [0.25, 0.3) is 0 Å². The minimum Gasteiger partial charge on any atom is -0.507 e. The first kappa shape index (κ1) is 20.3. The van der Waals surface area contributed by atoms with Crippen LogP contribution in [-0.4, -0.2) is 10.2 Å². The van der Waals surface area contributed by atoms with E-state index in [1.165, 1.54) is 0 Å². The van der Waals surface area contributed by atoms with E-state index in [4.69, 9.17) is 0 Å². The second-order valence-corrected chi connectivity index (χ2v) is 10.2. The molecule has 0 saturated heterocycles. The molecule has 0 atom stereocenters. The van der Waals surface area contributed by atoms with Crippen LogP contribution in [0, 0.1) is 0 Å². The molecule has 0 saturated carbocycles. The second-order valence-electron chi connectivity index (χ2n) is 8.52. The van der Waals surface area contributed by atoms with Crippen LogP contribution < -0.4 is 0 Å². The average molecular weight is 470 g/mol. The minimum absolute atomic E-state index is 0.161. The molecule has 2 aromatic rings. The van der Waals surface area contributed by atoms with E-state index in [0.29, 0.717) is 6.42 Å². The van der Waals surface area contributed by atoms with E-state index >= 15 is 0 Å². The topological polar surface area (TPSA) is 40.5 Å². The molecular weight excluding hydrogens is 444 g/mol. The zero-order chi connectivity index (χ0) is 19.2. The van der Waals surface area contributed by atoms with Gasteiger partial charge in [0.1, 0.15) is 11.5 Å². The summed E-state index contributed by atoms with van der Waals surface area (Å²) < 4.78 is 1.68. The van der Waals surface area contributed by atoms with Crippen molar-refractivity contribution in [1.29, 1.82) is 0 Å². The van der Waals surface area contributed by atoms with Crippen LogP contribution >= 0.6 is 31.9 Å². The Morgan fingerprint density at radius 3 is 1.28 bits per heavy atom. The molecule has 136 valence electrons. The first-order valence-corrected chi connectivity index (χ1v) is 9.94. The molecule has 0 fully saturated rings. The van der Waals surface area contributed by atoms with Crippen LogP contribution in [0.5, 0.6) is 11.5 Å². The van der Waals surface area contributed by atoms with Gasteiger partial charge in [-0.2, -0.15) is 0 Å². The lowest BCUT2D eigenvalue weighted by atomic mass is 9.83. The number of rotatable bonds is 2. The fraction of sp³-hybridized carbons (Fsp3) is 0.429. The first-order chi connectivity index (χ1) is 11.3. The van der Waals surface area contributed by atoms with Gasteiger partial charge in [0.25, 0.3) is 0 Å². The van der Waals surface area contributed by atoms with Crippen molar-refractivity contribution in [3.63, 3.8) is 0 Å². The standard InChI is InChI=1S/C21H26Br2O2/c1-20(2,3)14-7-9-16(22)12(18(14)24)11-13-17(23)10-8-15(19(13)25)21(4,5)6/h7-10,24-25H,11H2,1-6H3. The molecule has 2 aromatic carbocycles. The highest BCUT2D eigenvalue weighted by molar-refractivity contribution is 9.10. The van der Waals surface area contributed by atoms with Gasteiger partial charge in [0, 0.05) is 26.5 Å². The minimum atomic E-state index is -0.161. The zero-order valence-electron chi connectivity index (χ0n) is 15.7. The lowest BCUT2D eigenvalue weighted by Gasteiger charge is -2.25. The third-order valence-electron chi connectivity index (χ3n) is 4.42. The van der Waals surface area contributed by atoms with Crippen LogP contribution in [-0.2, 0) is 17.3 Å². The number of halogens is 2. The summed E-state index contributed by atoms with van der Waals surface area (Å²) in [5.74, 6) is 0.573. The molecule has 0 spiro atoms. The lowest BCUT2D eigenvalue weighted by molar-refractivity contribution is 0.435. The van der Waals surface area contributed by atoms with Crippen molar-refractivity contribution in [2.75, 3.05) is 0 Å². The summed E-state index contributed by atoms with van der Waals surface area (Å²) in [5, 5.41) is 21.7. The average Bonchev–Trinajstić information content (AvgIpc) is 2.43. The predicted molar refractivity (Wildman–Crippen MR) is 112 cm³/mol. The number of hydrogen-bond donors (Lipinski definition) is 2. The van der Waals surface area contributed by atoms with Crippen LogP contribution in [0.2, 0.25) is 0 Å². The van der Waals surface area contributed by atoms with Gasteiger partial charge in [0.05, 0.1) is 0 Å². The van der Waals surface area contributed by atoms with Gasteiger partial charge in [-0.1, -0.05) is 85.5 Å². The Kier molecular flexibility index (Phi) is 5.65. The number of phenols is 2. The summed E-state index contributed by atoms with van der Waals surface area (Å²) in [6.07, 6.45) is 0.437. The Bertz CT molecular complexity index is 730. The maximum atomic E-state index is 10.9. The quantitative estimate of drug-likeness (QED) is 0.507. The molecule has 0 amide bonds. The van der Waals surface area contributed by atoms with Gasteiger partial charge in [-0.25, -0.2) is 0 Å². The van der Waals surface area contributed by atoms with Crippen LogP contribution in [0.3, 0.4) is 0 Å². The molecule has 0 aromatic heterocycles. The van der Waals surface area contributed by atoms with E-state index in [9.17, 15) is 10.2 Å². The van der Waals surface area contributed by atoms with Crippen molar-refractivity contribution >= 4 is 31.9 Å². The number of benzene rings is 2. The second kappa shape index (κ2) is 6.96. The number of phenolic OH excluding ortho intramolecular Hbond substituents is 2. The highest BCUT2D eigenvalue weighted by atomic mass is 79.9. The molecule has 0 aliphatic carbocycles. The first-order valence-electron chi connectivity index (χ1n) is 8.35. The molecule has 0 radical (unpaired) electrons. The van der Waals surface area contributed by atoms with Crippen LogP contribution in [0.4, 0.5) is 0 Å². The number of aromatic hydroxyl groups is 2. The Hall–Kier alpha value is -1.00. The smallest absolute Gasteiger partial charge is 0.123 e. The monoisotopic (exact) mass is 468 g/mol. The Balaban J connectivity index is 2.62. The van der Waals surface area contributed by atoms with Gasteiger partial charge in [0.15, 0.2) is 0 Å². The molecule has 2 N–H and O–H groups in total. The van der Waals surface area contributed by atoms with E-state index in [0.717, 1.165) is 31.2 Å². The van der Waals surface area contributed by atoms with Crippen molar-refractivity contribution in [1.82, 2.24) is 0 Å². The largest absolute Gasteiger partial charge is 0.507 e. The molecule has 4 heteroatoms. The SMILES string of the molecule is CC(C)(C)c1ccc(Br)c(Cc2c(Br)ccc(C(C)(C)C)c2O)c1O. The Morgan fingerprint density at radius 1 is 0.680 bits per heavy atom. The van der Waals surface area contributed by atoms with Gasteiger partial charge in [-0.05, 0) is 34.1 Å². The van der Waals surface area contributed by atoms with E-state index in [1.54, 1.807) is 0 Å². The van der Waals surface area contributed by atoms with Gasteiger partial charge in [-0.3, -0.25) is 0 Å². The molecule has 0 unspecified atom stereocenters. The van der Waals surface area contributed by atoms with Crippen molar-refractivity contribution in [3.05, 3.63) is 55.5 Å². The summed E-state index contributed by atoms with van der Waals surface area (Å²) >= 11 is 7.11. The van der Waals surface area contributed by atoms with Gasteiger partial charge < -0.3 is 10.2 Å². The summed E-state index contributed by atoms with van der Waals surface area (Å²) in [7, 11) is 0. The molecule has 25 heavy (non-hydrogen) atoms. The third-order valence-corrected chi connectivity index (χ3v) is 5.91. The van der Waals surface area contributed by atoms with E-state index in [-0.39, 0.29) is 22.3 Å². The molecule has 2 rings (SSSR count). The Labute approximate surface area is 167 Å². The van der Waals surface area contributed by atoms with Crippen LogP contribution in [0.1, 0.15) is 63.8 Å². The predicted octanol–water partition coefficient (Wildman–Crippen LogP) is 6.81. The molecule has 0 aliphatic heterocycles. The maximum Gasteiger partial charge on any atom is 0.123 e. The maximum absolute atomic E-state index is 10.9. The third kappa shape index (κ3) is 4.22. The summed E-state index contributed by atoms with van der Waals surface area (Å²) in [5.41, 5.74) is 3.04. The molecule has 0 heterocycles. The molecule has 2 nitrogen and oxygen atoms in total. The fourth-order valence-corrected chi connectivity index (χ4v) is 3.87. The van der Waals surface area contributed by atoms with E-state index < -0.39 is 0 Å². The van der Waals surface area contributed by atoms with Crippen molar-refractivity contribution in [2.45, 2.75) is 58.8 Å². The van der Waals surface area contributed by atoms with Gasteiger partial charge in [0.2, 0.25) is 0 Å². The van der Waals surface area contributed by atoms with E-state index in [2.05, 4.69) is 73.4 Å². The molecule has 0 bridgehead atoms. The molecular formula is C21H26Br2O2. The summed E-state index contributed by atoms with van der Waals surface area (Å²) in [6.45, 7) is 12.5. The lowest BCUT2D eigenvalue weighted by Crippen LogP contribution is -2.13. The Morgan fingerprint density at radius 2 is 1.00 bits per heavy atom. The highest BCUT2D eigenvalue weighted by Crippen LogP contribution is 2.42. The highest BCUT2D eigenvalue weighted by Gasteiger charge is 2.25. The fourth-order valence-electron chi connectivity index (χ4n) is 2.95.